The van der Waals surface area contributed by atoms with Crippen LogP contribution in [0.2, 0.25) is 0 Å². The van der Waals surface area contributed by atoms with Crippen molar-refractivity contribution in [2.45, 2.75) is 19.4 Å². The van der Waals surface area contributed by atoms with Crippen LogP contribution in [0.1, 0.15) is 13.3 Å². The fourth-order valence-corrected chi connectivity index (χ4v) is 1.85. The predicted molar refractivity (Wildman–Crippen MR) is 60.3 cm³/mol. The molecule has 1 N–H and O–H groups in total. The molecule has 0 fully saturated rings. The molecule has 1 atom stereocenters. The zero-order chi connectivity index (χ0) is 10.4. The fourth-order valence-electron chi connectivity index (χ4n) is 1.13. The van der Waals surface area contributed by atoms with E-state index in [-0.39, 0.29) is 5.82 Å². The van der Waals surface area contributed by atoms with Gasteiger partial charge in [0.1, 0.15) is 11.6 Å². The number of halogens is 1. The molecule has 4 heteroatoms. The monoisotopic (exact) mass is 214 g/mol. The number of hydrogen-bond donors (Lipinski definition) is 1. The van der Waals surface area contributed by atoms with Crippen molar-refractivity contribution < 1.29 is 4.39 Å². The van der Waals surface area contributed by atoms with Gasteiger partial charge in [-0.1, -0.05) is 6.92 Å². The molecule has 0 aliphatic heterocycles. The van der Waals surface area contributed by atoms with Crippen molar-refractivity contribution in [1.29, 1.82) is 0 Å². The largest absolute Gasteiger partial charge is 0.367 e. The number of rotatable bonds is 5. The van der Waals surface area contributed by atoms with Crippen LogP contribution in [0.3, 0.4) is 0 Å². The van der Waals surface area contributed by atoms with Crippen molar-refractivity contribution in [3.05, 3.63) is 24.1 Å². The van der Waals surface area contributed by atoms with Crippen molar-refractivity contribution in [2.75, 3.05) is 17.3 Å². The van der Waals surface area contributed by atoms with Crippen LogP contribution in [-0.4, -0.2) is 23.0 Å². The van der Waals surface area contributed by atoms with E-state index in [0.29, 0.717) is 6.04 Å². The smallest absolute Gasteiger partial charge is 0.141 e. The molecule has 2 nitrogen and oxygen atoms in total. The van der Waals surface area contributed by atoms with Crippen LogP contribution >= 0.6 is 11.8 Å². The maximum atomic E-state index is 12.6. The molecule has 14 heavy (non-hydrogen) atoms. The molecule has 0 saturated carbocycles. The topological polar surface area (TPSA) is 24.9 Å². The van der Waals surface area contributed by atoms with Gasteiger partial charge in [-0.2, -0.15) is 11.8 Å². The van der Waals surface area contributed by atoms with Crippen molar-refractivity contribution in [1.82, 2.24) is 4.98 Å². The summed E-state index contributed by atoms with van der Waals surface area (Å²) in [7, 11) is 0. The van der Waals surface area contributed by atoms with Gasteiger partial charge in [0.25, 0.3) is 0 Å². The molecule has 0 spiro atoms. The van der Waals surface area contributed by atoms with Crippen molar-refractivity contribution in [3.8, 4) is 0 Å². The minimum Gasteiger partial charge on any atom is -0.367 e. The maximum Gasteiger partial charge on any atom is 0.141 e. The average Bonchev–Trinajstić information content (AvgIpc) is 2.20. The zero-order valence-electron chi connectivity index (χ0n) is 8.46. The fraction of sp³-hybridized carbons (Fsp3) is 0.500. The molecule has 1 rings (SSSR count). The van der Waals surface area contributed by atoms with E-state index in [1.807, 2.05) is 0 Å². The first-order valence-corrected chi connectivity index (χ1v) is 6.02. The van der Waals surface area contributed by atoms with Gasteiger partial charge in [0, 0.05) is 11.8 Å². The van der Waals surface area contributed by atoms with Gasteiger partial charge in [-0.15, -0.1) is 0 Å². The second-order valence-electron chi connectivity index (χ2n) is 3.07. The van der Waals surface area contributed by atoms with Crippen LogP contribution in [0.25, 0.3) is 0 Å². The number of thioether (sulfide) groups is 1. The molecular formula is C10H15FN2S. The summed E-state index contributed by atoms with van der Waals surface area (Å²) in [5.41, 5.74) is 0. The molecule has 0 aliphatic rings. The molecule has 1 unspecified atom stereocenters. The van der Waals surface area contributed by atoms with E-state index in [4.69, 9.17) is 0 Å². The third-order valence-corrected chi connectivity index (χ3v) is 2.68. The quantitative estimate of drug-likeness (QED) is 0.815. The Balaban J connectivity index is 2.53. The minimum absolute atomic E-state index is 0.298. The van der Waals surface area contributed by atoms with Gasteiger partial charge in [0.05, 0.1) is 6.20 Å². The lowest BCUT2D eigenvalue weighted by Crippen LogP contribution is -2.21. The lowest BCUT2D eigenvalue weighted by Gasteiger charge is -2.15. The summed E-state index contributed by atoms with van der Waals surface area (Å²) in [5.74, 6) is 1.48. The lowest BCUT2D eigenvalue weighted by atomic mass is 10.2. The minimum atomic E-state index is -0.298. The molecule has 0 saturated heterocycles. The third kappa shape index (κ3) is 3.54. The van der Waals surface area contributed by atoms with Gasteiger partial charge < -0.3 is 5.32 Å². The summed E-state index contributed by atoms with van der Waals surface area (Å²) in [6, 6.07) is 3.49. The molecule has 0 aliphatic carbocycles. The average molecular weight is 214 g/mol. The van der Waals surface area contributed by atoms with E-state index < -0.39 is 0 Å². The summed E-state index contributed by atoms with van der Waals surface area (Å²) in [5, 5.41) is 3.26. The standard InChI is InChI=1S/C10H15FN2S/c1-3-9(7-14-2)13-10-5-4-8(11)6-12-10/h4-6,9H,3,7H2,1-2H3,(H,12,13). The number of hydrogen-bond acceptors (Lipinski definition) is 3. The Kier molecular flexibility index (Phi) is 4.73. The highest BCUT2D eigenvalue weighted by Gasteiger charge is 2.05. The van der Waals surface area contributed by atoms with Gasteiger partial charge in [-0.25, -0.2) is 9.37 Å². The number of nitrogens with zero attached hydrogens (tertiary/aromatic N) is 1. The van der Waals surface area contributed by atoms with E-state index in [9.17, 15) is 4.39 Å². The van der Waals surface area contributed by atoms with Crippen LogP contribution in [0.4, 0.5) is 10.2 Å². The molecule has 1 heterocycles. The molecule has 0 radical (unpaired) electrons. The Bertz CT molecular complexity index is 263. The highest BCUT2D eigenvalue weighted by Crippen LogP contribution is 2.09. The Morgan fingerprint density at radius 2 is 2.36 bits per heavy atom. The summed E-state index contributed by atoms with van der Waals surface area (Å²) >= 11 is 1.79. The Morgan fingerprint density at radius 3 is 2.86 bits per heavy atom. The van der Waals surface area contributed by atoms with Crippen molar-refractivity contribution >= 4 is 17.6 Å². The zero-order valence-corrected chi connectivity index (χ0v) is 9.27. The molecular weight excluding hydrogens is 199 g/mol. The van der Waals surface area contributed by atoms with E-state index in [1.165, 1.54) is 12.3 Å². The summed E-state index contributed by atoms with van der Waals surface area (Å²) in [4.78, 5) is 3.95. The number of nitrogens with one attached hydrogen (secondary N) is 1. The molecule has 0 amide bonds. The first-order valence-electron chi connectivity index (χ1n) is 4.63. The molecule has 0 bridgehead atoms. The molecule has 1 aromatic rings. The summed E-state index contributed by atoms with van der Waals surface area (Å²) < 4.78 is 12.6. The first-order chi connectivity index (χ1) is 6.76. The first kappa shape index (κ1) is 11.3. The van der Waals surface area contributed by atoms with Crippen LogP contribution in [0.5, 0.6) is 0 Å². The maximum absolute atomic E-state index is 12.6. The predicted octanol–water partition coefficient (Wildman–Crippen LogP) is 2.77. The SMILES string of the molecule is CCC(CSC)Nc1ccc(F)cn1. The van der Waals surface area contributed by atoms with E-state index in [2.05, 4.69) is 23.5 Å². The normalized spacial score (nSPS) is 12.5. The van der Waals surface area contributed by atoms with E-state index >= 15 is 0 Å². The summed E-state index contributed by atoms with van der Waals surface area (Å²) in [6.45, 7) is 2.12. The third-order valence-electron chi connectivity index (χ3n) is 1.94. The van der Waals surface area contributed by atoms with Crippen molar-refractivity contribution in [2.24, 2.45) is 0 Å². The van der Waals surface area contributed by atoms with Crippen LogP contribution in [-0.2, 0) is 0 Å². The number of aromatic nitrogens is 1. The highest BCUT2D eigenvalue weighted by molar-refractivity contribution is 7.98. The van der Waals surface area contributed by atoms with Gasteiger partial charge in [0.2, 0.25) is 0 Å². The Labute approximate surface area is 88.3 Å². The van der Waals surface area contributed by atoms with Gasteiger partial charge >= 0.3 is 0 Å². The van der Waals surface area contributed by atoms with E-state index in [1.54, 1.807) is 17.8 Å². The second kappa shape index (κ2) is 5.86. The van der Waals surface area contributed by atoms with Gasteiger partial charge in [0.15, 0.2) is 0 Å². The van der Waals surface area contributed by atoms with Crippen LogP contribution in [0, 0.1) is 5.82 Å². The van der Waals surface area contributed by atoms with Crippen molar-refractivity contribution in [3.63, 3.8) is 0 Å². The highest BCUT2D eigenvalue weighted by atomic mass is 32.2. The lowest BCUT2D eigenvalue weighted by molar-refractivity contribution is 0.621. The van der Waals surface area contributed by atoms with Gasteiger partial charge in [-0.3, -0.25) is 0 Å². The van der Waals surface area contributed by atoms with E-state index in [0.717, 1.165) is 18.0 Å². The number of pyridine rings is 1. The van der Waals surface area contributed by atoms with Crippen LogP contribution < -0.4 is 5.32 Å². The molecule has 78 valence electrons. The van der Waals surface area contributed by atoms with Gasteiger partial charge in [-0.05, 0) is 24.8 Å². The Morgan fingerprint density at radius 1 is 1.57 bits per heavy atom. The second-order valence-corrected chi connectivity index (χ2v) is 3.98. The van der Waals surface area contributed by atoms with Crippen LogP contribution in [0.15, 0.2) is 18.3 Å². The summed E-state index contributed by atoms with van der Waals surface area (Å²) in [6.07, 6.45) is 4.34. The number of anilines is 1. The molecule has 0 aromatic carbocycles. The molecule has 1 aromatic heterocycles. The Hall–Kier alpha value is -0.770.